The number of nitrogens with zero attached hydrogens (tertiary/aromatic N) is 3. The van der Waals surface area contributed by atoms with Crippen molar-refractivity contribution in [2.24, 2.45) is 0 Å². The Labute approximate surface area is 164 Å². The summed E-state index contributed by atoms with van der Waals surface area (Å²) < 4.78 is 14.0. The maximum Gasteiger partial charge on any atom is 0.317 e. The molecular formula is C19H19FN4OS2. The van der Waals surface area contributed by atoms with Crippen molar-refractivity contribution < 1.29 is 9.18 Å². The van der Waals surface area contributed by atoms with Crippen LogP contribution in [0.3, 0.4) is 0 Å². The fourth-order valence-electron chi connectivity index (χ4n) is 3.19. The molecule has 1 aliphatic heterocycles. The second kappa shape index (κ2) is 8.14. The summed E-state index contributed by atoms with van der Waals surface area (Å²) in [5, 5.41) is 14.9. The summed E-state index contributed by atoms with van der Waals surface area (Å²) in [7, 11) is 0. The van der Waals surface area contributed by atoms with Crippen molar-refractivity contribution in [3.63, 3.8) is 0 Å². The Morgan fingerprint density at radius 3 is 2.96 bits per heavy atom. The molecule has 3 aromatic rings. The minimum Gasteiger partial charge on any atom is -0.333 e. The number of benzene rings is 1. The van der Waals surface area contributed by atoms with Gasteiger partial charge in [-0.25, -0.2) is 9.18 Å². The molecule has 27 heavy (non-hydrogen) atoms. The molecule has 1 saturated heterocycles. The summed E-state index contributed by atoms with van der Waals surface area (Å²) in [5.74, 6) is -0.150. The third kappa shape index (κ3) is 4.17. The van der Waals surface area contributed by atoms with Crippen molar-refractivity contribution in [3.05, 3.63) is 57.5 Å². The van der Waals surface area contributed by atoms with Crippen LogP contribution in [-0.2, 0) is 6.54 Å². The van der Waals surface area contributed by atoms with Gasteiger partial charge in [0, 0.05) is 29.4 Å². The number of aromatic nitrogens is 2. The fraction of sp³-hybridized carbons (Fsp3) is 0.316. The molecule has 1 N–H and O–H groups in total. The molecule has 8 heteroatoms. The van der Waals surface area contributed by atoms with Crippen LogP contribution in [0.5, 0.6) is 0 Å². The van der Waals surface area contributed by atoms with Crippen molar-refractivity contribution in [1.82, 2.24) is 20.4 Å². The summed E-state index contributed by atoms with van der Waals surface area (Å²) in [6.45, 7) is 1.90. The molecule has 2 amide bonds. The van der Waals surface area contributed by atoms with Gasteiger partial charge in [0.2, 0.25) is 0 Å². The van der Waals surface area contributed by atoms with E-state index in [1.165, 1.54) is 17.4 Å². The first-order valence-corrected chi connectivity index (χ1v) is 10.5. The Morgan fingerprint density at radius 2 is 2.15 bits per heavy atom. The maximum atomic E-state index is 14.0. The first kappa shape index (κ1) is 18.1. The second-order valence-electron chi connectivity index (χ2n) is 6.45. The zero-order chi connectivity index (χ0) is 18.6. The monoisotopic (exact) mass is 402 g/mol. The Morgan fingerprint density at radius 1 is 1.26 bits per heavy atom. The topological polar surface area (TPSA) is 58.1 Å². The molecule has 0 aliphatic carbocycles. The van der Waals surface area contributed by atoms with Crippen molar-refractivity contribution in [2.45, 2.75) is 25.3 Å². The number of likely N-dealkylation sites (tertiary alicyclic amines) is 1. The van der Waals surface area contributed by atoms with Crippen LogP contribution in [-0.4, -0.2) is 34.2 Å². The molecule has 0 radical (unpaired) electrons. The lowest BCUT2D eigenvalue weighted by Crippen LogP contribution is -2.44. The summed E-state index contributed by atoms with van der Waals surface area (Å²) >= 11 is 3.04. The van der Waals surface area contributed by atoms with E-state index in [0.29, 0.717) is 23.7 Å². The molecule has 1 fully saturated rings. The highest BCUT2D eigenvalue weighted by molar-refractivity contribution is 7.14. The second-order valence-corrected chi connectivity index (χ2v) is 8.49. The minimum atomic E-state index is -0.293. The number of carbonyl (C=O) groups excluding carboxylic acids is 1. The largest absolute Gasteiger partial charge is 0.333 e. The SMILES string of the molecule is O=C(NCc1cccs1)N1CCCC(c2nnc(-c3ccccc3F)s2)C1. The number of hydrogen-bond donors (Lipinski definition) is 1. The lowest BCUT2D eigenvalue weighted by molar-refractivity contribution is 0.179. The third-order valence-corrected chi connectivity index (χ3v) is 6.59. The average Bonchev–Trinajstić information content (AvgIpc) is 3.39. The van der Waals surface area contributed by atoms with Crippen molar-refractivity contribution in [1.29, 1.82) is 0 Å². The zero-order valence-electron chi connectivity index (χ0n) is 14.6. The molecule has 2 aromatic heterocycles. The molecule has 140 valence electrons. The van der Waals surface area contributed by atoms with Gasteiger partial charge >= 0.3 is 6.03 Å². The highest BCUT2D eigenvalue weighted by Gasteiger charge is 2.27. The summed E-state index contributed by atoms with van der Waals surface area (Å²) in [6, 6.07) is 10.5. The number of urea groups is 1. The Bertz CT molecular complexity index is 912. The van der Waals surface area contributed by atoms with E-state index in [4.69, 9.17) is 0 Å². The van der Waals surface area contributed by atoms with Crippen LogP contribution in [0.15, 0.2) is 41.8 Å². The van der Waals surface area contributed by atoms with E-state index in [0.717, 1.165) is 29.3 Å². The van der Waals surface area contributed by atoms with Crippen LogP contribution >= 0.6 is 22.7 Å². The first-order chi connectivity index (χ1) is 13.2. The van der Waals surface area contributed by atoms with Gasteiger partial charge in [0.1, 0.15) is 10.8 Å². The molecule has 1 unspecified atom stereocenters. The molecule has 1 aromatic carbocycles. The van der Waals surface area contributed by atoms with Crippen LogP contribution in [0.25, 0.3) is 10.6 Å². The fourth-order valence-corrected chi connectivity index (χ4v) is 4.83. The van der Waals surface area contributed by atoms with Gasteiger partial charge in [0.05, 0.1) is 6.54 Å². The summed E-state index contributed by atoms with van der Waals surface area (Å²) in [5.41, 5.74) is 0.475. The predicted molar refractivity (Wildman–Crippen MR) is 105 cm³/mol. The lowest BCUT2D eigenvalue weighted by Gasteiger charge is -2.31. The average molecular weight is 403 g/mol. The van der Waals surface area contributed by atoms with Crippen LogP contribution in [0, 0.1) is 5.82 Å². The van der Waals surface area contributed by atoms with Crippen molar-refractivity contribution in [2.75, 3.05) is 13.1 Å². The number of piperidine rings is 1. The van der Waals surface area contributed by atoms with E-state index in [-0.39, 0.29) is 17.8 Å². The molecule has 1 atom stereocenters. The molecule has 0 saturated carbocycles. The van der Waals surface area contributed by atoms with E-state index in [1.807, 2.05) is 22.4 Å². The number of amides is 2. The number of carbonyl (C=O) groups is 1. The van der Waals surface area contributed by atoms with Gasteiger partial charge in [0.15, 0.2) is 5.01 Å². The Hall–Kier alpha value is -2.32. The first-order valence-electron chi connectivity index (χ1n) is 8.84. The maximum absolute atomic E-state index is 14.0. The lowest BCUT2D eigenvalue weighted by atomic mass is 9.99. The van der Waals surface area contributed by atoms with Gasteiger partial charge in [-0.15, -0.1) is 21.5 Å². The van der Waals surface area contributed by atoms with E-state index in [2.05, 4.69) is 15.5 Å². The number of nitrogens with one attached hydrogen (secondary N) is 1. The summed E-state index contributed by atoms with van der Waals surface area (Å²) in [6.07, 6.45) is 1.88. The Kier molecular flexibility index (Phi) is 5.45. The third-order valence-electron chi connectivity index (χ3n) is 4.60. The van der Waals surface area contributed by atoms with Gasteiger partial charge < -0.3 is 10.2 Å². The normalized spacial score (nSPS) is 17.1. The minimum absolute atomic E-state index is 0.0491. The van der Waals surface area contributed by atoms with E-state index < -0.39 is 0 Å². The molecular weight excluding hydrogens is 383 g/mol. The molecule has 0 spiro atoms. The van der Waals surface area contributed by atoms with Gasteiger partial charge in [-0.1, -0.05) is 29.5 Å². The number of rotatable bonds is 4. The standard InChI is InChI=1S/C19H19FN4OS2/c20-16-8-2-1-7-15(16)18-23-22-17(27-18)13-5-3-9-24(12-13)19(25)21-11-14-6-4-10-26-14/h1-2,4,6-8,10,13H,3,5,9,11-12H2,(H,21,25). The van der Waals surface area contributed by atoms with Gasteiger partial charge in [0.25, 0.3) is 0 Å². The van der Waals surface area contributed by atoms with Crippen LogP contribution in [0.4, 0.5) is 9.18 Å². The van der Waals surface area contributed by atoms with E-state index in [9.17, 15) is 9.18 Å². The molecule has 4 rings (SSSR count). The zero-order valence-corrected chi connectivity index (χ0v) is 16.2. The highest BCUT2D eigenvalue weighted by Crippen LogP contribution is 2.33. The van der Waals surface area contributed by atoms with Crippen LogP contribution in [0.1, 0.15) is 28.6 Å². The van der Waals surface area contributed by atoms with Crippen molar-refractivity contribution in [3.8, 4) is 10.6 Å². The van der Waals surface area contributed by atoms with E-state index >= 15 is 0 Å². The van der Waals surface area contributed by atoms with Crippen LogP contribution < -0.4 is 5.32 Å². The molecule has 5 nitrogen and oxygen atoms in total. The smallest absolute Gasteiger partial charge is 0.317 e. The molecule has 0 bridgehead atoms. The predicted octanol–water partition coefficient (Wildman–Crippen LogP) is 4.49. The number of halogens is 1. The van der Waals surface area contributed by atoms with Gasteiger partial charge in [-0.2, -0.15) is 0 Å². The molecule has 1 aliphatic rings. The quantitative estimate of drug-likeness (QED) is 0.699. The molecule has 3 heterocycles. The Balaban J connectivity index is 1.41. The number of thiophene rings is 1. The number of hydrogen-bond acceptors (Lipinski definition) is 5. The van der Waals surface area contributed by atoms with Gasteiger partial charge in [-0.3, -0.25) is 0 Å². The summed E-state index contributed by atoms with van der Waals surface area (Å²) in [4.78, 5) is 15.5. The van der Waals surface area contributed by atoms with Crippen molar-refractivity contribution >= 4 is 28.7 Å². The van der Waals surface area contributed by atoms with Gasteiger partial charge in [-0.05, 0) is 36.4 Å². The highest BCUT2D eigenvalue weighted by atomic mass is 32.1. The van der Waals surface area contributed by atoms with E-state index in [1.54, 1.807) is 29.5 Å². The van der Waals surface area contributed by atoms with Crippen LogP contribution in [0.2, 0.25) is 0 Å².